The monoisotopic (exact) mass is 258 g/mol. The van der Waals surface area contributed by atoms with Gasteiger partial charge in [-0.2, -0.15) is 0 Å². The molecule has 0 bridgehead atoms. The van der Waals surface area contributed by atoms with Gasteiger partial charge < -0.3 is 20.1 Å². The number of carbonyl (C=O) groups excluding carboxylic acids is 1. The Morgan fingerprint density at radius 1 is 1.44 bits per heavy atom. The summed E-state index contributed by atoms with van der Waals surface area (Å²) in [6.07, 6.45) is 4.73. The largest absolute Gasteiger partial charge is 0.480 e. The molecule has 1 aliphatic carbocycles. The van der Waals surface area contributed by atoms with Crippen LogP contribution in [-0.4, -0.2) is 55.4 Å². The maximum Gasteiger partial charge on any atom is 0.323 e. The van der Waals surface area contributed by atoms with Gasteiger partial charge in [0.25, 0.3) is 0 Å². The van der Waals surface area contributed by atoms with Gasteiger partial charge in [0.15, 0.2) is 0 Å². The molecule has 6 nitrogen and oxygen atoms in total. The van der Waals surface area contributed by atoms with Gasteiger partial charge in [-0.25, -0.2) is 4.79 Å². The number of ether oxygens (including phenoxy) is 1. The molecule has 1 rings (SSSR count). The fraction of sp³-hybridized carbons (Fsp3) is 0.833. The zero-order chi connectivity index (χ0) is 13.4. The van der Waals surface area contributed by atoms with Crippen molar-refractivity contribution in [3.63, 3.8) is 0 Å². The standard InChI is InChI=1S/C12H22N2O4/c1-18-8-7-14(9-11(15)16)12(17)13-6-2-3-10-4-5-10/h10H,2-9H2,1H3,(H,13,17)(H,15,16). The van der Waals surface area contributed by atoms with Gasteiger partial charge >= 0.3 is 12.0 Å². The number of methoxy groups -OCH3 is 1. The van der Waals surface area contributed by atoms with Gasteiger partial charge in [0.05, 0.1) is 6.61 Å². The Morgan fingerprint density at radius 3 is 2.72 bits per heavy atom. The van der Waals surface area contributed by atoms with Crippen LogP contribution in [0.25, 0.3) is 0 Å². The van der Waals surface area contributed by atoms with Gasteiger partial charge in [-0.15, -0.1) is 0 Å². The molecule has 104 valence electrons. The van der Waals surface area contributed by atoms with E-state index in [1.165, 1.54) is 24.9 Å². The molecule has 0 aromatic carbocycles. The molecule has 1 aliphatic rings. The minimum Gasteiger partial charge on any atom is -0.480 e. The Morgan fingerprint density at radius 2 is 2.17 bits per heavy atom. The van der Waals surface area contributed by atoms with Crippen molar-refractivity contribution in [3.05, 3.63) is 0 Å². The summed E-state index contributed by atoms with van der Waals surface area (Å²) in [4.78, 5) is 23.6. The number of amides is 2. The lowest BCUT2D eigenvalue weighted by Crippen LogP contribution is -2.44. The number of nitrogens with zero attached hydrogens (tertiary/aromatic N) is 1. The van der Waals surface area contributed by atoms with E-state index in [0.29, 0.717) is 13.2 Å². The second kappa shape index (κ2) is 7.92. The third-order valence-electron chi connectivity index (χ3n) is 2.94. The van der Waals surface area contributed by atoms with E-state index in [0.717, 1.165) is 18.8 Å². The molecule has 2 N–H and O–H groups in total. The lowest BCUT2D eigenvalue weighted by molar-refractivity contribution is -0.137. The first-order chi connectivity index (χ1) is 8.63. The average Bonchev–Trinajstić information content (AvgIpc) is 3.13. The van der Waals surface area contributed by atoms with Crippen LogP contribution in [0.5, 0.6) is 0 Å². The number of carbonyl (C=O) groups is 2. The number of carboxylic acid groups (broad SMARTS) is 1. The van der Waals surface area contributed by atoms with Crippen LogP contribution >= 0.6 is 0 Å². The van der Waals surface area contributed by atoms with Crippen molar-refractivity contribution in [2.75, 3.05) is 33.4 Å². The fourth-order valence-electron chi connectivity index (χ4n) is 1.72. The van der Waals surface area contributed by atoms with E-state index < -0.39 is 5.97 Å². The summed E-state index contributed by atoms with van der Waals surface area (Å²) in [5, 5.41) is 11.5. The summed E-state index contributed by atoms with van der Waals surface area (Å²) >= 11 is 0. The molecule has 2 amide bonds. The van der Waals surface area contributed by atoms with Crippen molar-refractivity contribution < 1.29 is 19.4 Å². The summed E-state index contributed by atoms with van der Waals surface area (Å²) in [6.45, 7) is 0.941. The number of hydrogen-bond acceptors (Lipinski definition) is 3. The first kappa shape index (κ1) is 14.8. The summed E-state index contributed by atoms with van der Waals surface area (Å²) in [6, 6.07) is -0.328. The van der Waals surface area contributed by atoms with Gasteiger partial charge in [-0.1, -0.05) is 12.8 Å². The molecule has 0 aliphatic heterocycles. The first-order valence-corrected chi connectivity index (χ1v) is 6.37. The van der Waals surface area contributed by atoms with Crippen LogP contribution in [0.4, 0.5) is 4.79 Å². The highest BCUT2D eigenvalue weighted by molar-refractivity contribution is 5.80. The Bertz CT molecular complexity index is 279. The molecule has 0 atom stereocenters. The Labute approximate surface area is 107 Å². The number of aliphatic carboxylic acids is 1. The van der Waals surface area contributed by atoms with E-state index >= 15 is 0 Å². The van der Waals surface area contributed by atoms with Gasteiger partial charge in [-0.05, 0) is 18.8 Å². The van der Waals surface area contributed by atoms with Crippen LogP contribution in [0.2, 0.25) is 0 Å². The summed E-state index contributed by atoms with van der Waals surface area (Å²) < 4.78 is 4.85. The van der Waals surface area contributed by atoms with Crippen molar-refractivity contribution in [3.8, 4) is 0 Å². The Kier molecular flexibility index (Phi) is 6.49. The van der Waals surface area contributed by atoms with Crippen LogP contribution in [0.1, 0.15) is 25.7 Å². The van der Waals surface area contributed by atoms with Crippen LogP contribution in [0, 0.1) is 5.92 Å². The molecule has 0 aromatic heterocycles. The molecule has 0 radical (unpaired) electrons. The van der Waals surface area contributed by atoms with E-state index in [4.69, 9.17) is 9.84 Å². The van der Waals surface area contributed by atoms with Crippen LogP contribution < -0.4 is 5.32 Å². The highest BCUT2D eigenvalue weighted by Crippen LogP contribution is 2.33. The highest BCUT2D eigenvalue weighted by Gasteiger charge is 2.20. The van der Waals surface area contributed by atoms with Gasteiger partial charge in [0.2, 0.25) is 0 Å². The highest BCUT2D eigenvalue weighted by atomic mass is 16.5. The molecule has 18 heavy (non-hydrogen) atoms. The van der Waals surface area contributed by atoms with Crippen LogP contribution in [-0.2, 0) is 9.53 Å². The van der Waals surface area contributed by atoms with Gasteiger partial charge in [-0.3, -0.25) is 4.79 Å². The summed E-state index contributed by atoms with van der Waals surface area (Å²) in [5.74, 6) is -0.162. The quantitative estimate of drug-likeness (QED) is 0.603. The molecular weight excluding hydrogens is 236 g/mol. The first-order valence-electron chi connectivity index (χ1n) is 6.37. The topological polar surface area (TPSA) is 78.9 Å². The van der Waals surface area contributed by atoms with Crippen molar-refractivity contribution in [2.45, 2.75) is 25.7 Å². The van der Waals surface area contributed by atoms with E-state index in [9.17, 15) is 9.59 Å². The third kappa shape index (κ3) is 6.44. The van der Waals surface area contributed by atoms with Gasteiger partial charge in [0.1, 0.15) is 6.54 Å². The van der Waals surface area contributed by atoms with Crippen molar-refractivity contribution in [1.82, 2.24) is 10.2 Å². The third-order valence-corrected chi connectivity index (χ3v) is 2.94. The number of hydrogen-bond donors (Lipinski definition) is 2. The van der Waals surface area contributed by atoms with Gasteiger partial charge in [0, 0.05) is 20.2 Å². The lowest BCUT2D eigenvalue weighted by Gasteiger charge is -2.20. The van der Waals surface area contributed by atoms with E-state index in [2.05, 4.69) is 5.32 Å². The molecule has 0 heterocycles. The second-order valence-corrected chi connectivity index (χ2v) is 4.63. The molecule has 1 fully saturated rings. The predicted molar refractivity (Wildman–Crippen MR) is 66.4 cm³/mol. The molecule has 0 aromatic rings. The minimum atomic E-state index is -1.01. The predicted octanol–water partition coefficient (Wildman–Crippen LogP) is 0.919. The Hall–Kier alpha value is -1.30. The lowest BCUT2D eigenvalue weighted by atomic mass is 10.2. The maximum atomic E-state index is 11.7. The molecule has 0 spiro atoms. The Balaban J connectivity index is 2.20. The van der Waals surface area contributed by atoms with Crippen molar-refractivity contribution in [2.24, 2.45) is 5.92 Å². The summed E-state index contributed by atoms with van der Waals surface area (Å²) in [5.41, 5.74) is 0. The average molecular weight is 258 g/mol. The van der Waals surface area contributed by atoms with E-state index in [-0.39, 0.29) is 19.1 Å². The van der Waals surface area contributed by atoms with Crippen molar-refractivity contribution >= 4 is 12.0 Å². The van der Waals surface area contributed by atoms with E-state index in [1.54, 1.807) is 0 Å². The van der Waals surface area contributed by atoms with Crippen molar-refractivity contribution in [1.29, 1.82) is 0 Å². The minimum absolute atomic E-state index is 0.289. The maximum absolute atomic E-state index is 11.7. The number of carboxylic acids is 1. The number of urea groups is 1. The fourth-order valence-corrected chi connectivity index (χ4v) is 1.72. The zero-order valence-corrected chi connectivity index (χ0v) is 10.9. The molecule has 6 heteroatoms. The normalized spacial score (nSPS) is 14.3. The molecule has 1 saturated carbocycles. The van der Waals surface area contributed by atoms with E-state index in [1.807, 2.05) is 0 Å². The van der Waals surface area contributed by atoms with Crippen LogP contribution in [0.3, 0.4) is 0 Å². The second-order valence-electron chi connectivity index (χ2n) is 4.63. The van der Waals surface area contributed by atoms with Crippen LogP contribution in [0.15, 0.2) is 0 Å². The number of nitrogens with one attached hydrogen (secondary N) is 1. The smallest absolute Gasteiger partial charge is 0.323 e. The SMILES string of the molecule is COCCN(CC(=O)O)C(=O)NCCCC1CC1. The molecule has 0 unspecified atom stereocenters. The zero-order valence-electron chi connectivity index (χ0n) is 10.9. The molecule has 0 saturated heterocycles. The molecular formula is C12H22N2O4. The summed E-state index contributed by atoms with van der Waals surface area (Å²) in [7, 11) is 1.52. The number of rotatable bonds is 9.